The molecule has 0 heterocycles. The zero-order valence-electron chi connectivity index (χ0n) is 15.1. The smallest absolute Gasteiger partial charge is 0.264 e. The maximum absolute atomic E-state index is 13.0. The largest absolute Gasteiger partial charge is 0.496 e. The van der Waals surface area contributed by atoms with Crippen LogP contribution in [0.4, 0.5) is 0 Å². The van der Waals surface area contributed by atoms with E-state index in [1.54, 1.807) is 25.3 Å². The highest BCUT2D eigenvalue weighted by Gasteiger charge is 2.35. The minimum Gasteiger partial charge on any atom is -0.496 e. The summed E-state index contributed by atoms with van der Waals surface area (Å²) in [7, 11) is -2.42. The second-order valence-electron chi connectivity index (χ2n) is 6.68. The number of amides is 1. The van der Waals surface area contributed by atoms with E-state index in [9.17, 15) is 13.2 Å². The third-order valence-corrected chi connectivity index (χ3v) is 7.20. The number of carbonyl (C=O) groups is 1. The summed E-state index contributed by atoms with van der Waals surface area (Å²) in [5.41, 5.74) is 1.74. The van der Waals surface area contributed by atoms with E-state index in [1.165, 1.54) is 6.07 Å². The summed E-state index contributed by atoms with van der Waals surface area (Å²) >= 11 is 3.49. The lowest BCUT2D eigenvalue weighted by molar-refractivity contribution is -0.120. The van der Waals surface area contributed by atoms with Gasteiger partial charge in [0.25, 0.3) is 10.0 Å². The van der Waals surface area contributed by atoms with Gasteiger partial charge in [-0.2, -0.15) is 0 Å². The number of fused-ring (bicyclic) bond motifs is 2. The molecule has 3 aromatic rings. The van der Waals surface area contributed by atoms with Gasteiger partial charge in [-0.3, -0.25) is 4.79 Å². The highest BCUT2D eigenvalue weighted by Crippen LogP contribution is 2.43. The molecule has 0 bridgehead atoms. The molecule has 0 radical (unpaired) electrons. The highest BCUT2D eigenvalue weighted by molar-refractivity contribution is 9.10. The number of methoxy groups -OCH3 is 1. The molecule has 4 rings (SSSR count). The van der Waals surface area contributed by atoms with Gasteiger partial charge in [-0.05, 0) is 47.6 Å². The van der Waals surface area contributed by atoms with Crippen LogP contribution in [0.5, 0.6) is 5.75 Å². The van der Waals surface area contributed by atoms with Crippen LogP contribution >= 0.6 is 15.9 Å². The molecule has 1 amide bonds. The van der Waals surface area contributed by atoms with E-state index in [-0.39, 0.29) is 4.90 Å². The number of ether oxygens (including phenoxy) is 1. The van der Waals surface area contributed by atoms with Gasteiger partial charge in [0.2, 0.25) is 5.91 Å². The number of benzene rings is 3. The van der Waals surface area contributed by atoms with Gasteiger partial charge in [0.15, 0.2) is 0 Å². The van der Waals surface area contributed by atoms with E-state index in [0.29, 0.717) is 24.0 Å². The van der Waals surface area contributed by atoms with Crippen molar-refractivity contribution in [1.29, 1.82) is 0 Å². The summed E-state index contributed by atoms with van der Waals surface area (Å²) in [6.07, 6.45) is 1.19. The van der Waals surface area contributed by atoms with E-state index in [2.05, 4.69) is 20.7 Å². The van der Waals surface area contributed by atoms with E-state index in [4.69, 9.17) is 4.74 Å². The van der Waals surface area contributed by atoms with E-state index in [0.717, 1.165) is 21.0 Å². The molecule has 0 saturated carbocycles. The third kappa shape index (κ3) is 3.18. The predicted molar refractivity (Wildman–Crippen MR) is 111 cm³/mol. The highest BCUT2D eigenvalue weighted by atomic mass is 79.9. The molecule has 3 aromatic carbocycles. The van der Waals surface area contributed by atoms with Crippen molar-refractivity contribution in [2.75, 3.05) is 7.11 Å². The molecule has 0 fully saturated rings. The van der Waals surface area contributed by atoms with E-state index in [1.807, 2.05) is 30.3 Å². The van der Waals surface area contributed by atoms with Crippen LogP contribution in [0.3, 0.4) is 0 Å². The van der Waals surface area contributed by atoms with Crippen molar-refractivity contribution in [3.05, 3.63) is 70.2 Å². The number of sulfonamides is 1. The summed E-state index contributed by atoms with van der Waals surface area (Å²) in [6.45, 7) is 0. The standard InChI is InChI=1S/C21H18BrNO4S/c1-27-18-12-11-17(22)20-15(18)9-10-16(20)21(24)23-28(25,26)19-8-4-6-13-5-2-3-7-14(13)19/h2-8,11-12,16H,9-10H2,1H3,(H,23,24). The fourth-order valence-corrected chi connectivity index (χ4v) is 5.72. The van der Waals surface area contributed by atoms with Crippen LogP contribution in [0.1, 0.15) is 23.5 Å². The normalized spacial score (nSPS) is 16.0. The van der Waals surface area contributed by atoms with Crippen molar-refractivity contribution >= 4 is 42.6 Å². The first-order chi connectivity index (χ1) is 13.4. The van der Waals surface area contributed by atoms with Gasteiger partial charge in [0.1, 0.15) is 5.75 Å². The molecule has 1 aliphatic carbocycles. The molecule has 0 aromatic heterocycles. The number of hydrogen-bond acceptors (Lipinski definition) is 4. The molecule has 1 aliphatic rings. The number of rotatable bonds is 4. The number of hydrogen-bond donors (Lipinski definition) is 1. The Balaban J connectivity index is 1.69. The summed E-state index contributed by atoms with van der Waals surface area (Å²) in [5, 5.41) is 1.39. The van der Waals surface area contributed by atoms with Gasteiger partial charge >= 0.3 is 0 Å². The molecular weight excluding hydrogens is 442 g/mol. The van der Waals surface area contributed by atoms with Gasteiger partial charge in [0.05, 0.1) is 17.9 Å². The quantitative estimate of drug-likeness (QED) is 0.635. The topological polar surface area (TPSA) is 72.5 Å². The van der Waals surface area contributed by atoms with Crippen molar-refractivity contribution in [3.63, 3.8) is 0 Å². The molecule has 28 heavy (non-hydrogen) atoms. The summed E-state index contributed by atoms with van der Waals surface area (Å²) in [6, 6.07) is 15.9. The summed E-state index contributed by atoms with van der Waals surface area (Å²) in [4.78, 5) is 13.0. The molecule has 1 unspecified atom stereocenters. The van der Waals surface area contributed by atoms with E-state index < -0.39 is 21.8 Å². The zero-order chi connectivity index (χ0) is 19.9. The maximum atomic E-state index is 13.0. The predicted octanol–water partition coefficient (Wildman–Crippen LogP) is 4.15. The maximum Gasteiger partial charge on any atom is 0.264 e. The first-order valence-electron chi connectivity index (χ1n) is 8.82. The SMILES string of the molecule is COc1ccc(Br)c2c1CCC2C(=O)NS(=O)(=O)c1cccc2ccccc12. The average molecular weight is 460 g/mol. The molecule has 144 valence electrons. The second kappa shape index (κ2) is 7.22. The Labute approximate surface area is 171 Å². The first kappa shape index (κ1) is 19.0. The number of nitrogens with one attached hydrogen (secondary N) is 1. The van der Waals surface area contributed by atoms with Crippen LogP contribution in [0, 0.1) is 0 Å². The second-order valence-corrected chi connectivity index (χ2v) is 9.19. The van der Waals surface area contributed by atoms with Crippen molar-refractivity contribution in [2.24, 2.45) is 0 Å². The average Bonchev–Trinajstić information content (AvgIpc) is 3.14. The molecule has 5 nitrogen and oxygen atoms in total. The molecule has 0 aliphatic heterocycles. The fourth-order valence-electron chi connectivity index (χ4n) is 3.83. The Kier molecular flexibility index (Phi) is 4.89. The van der Waals surface area contributed by atoms with Crippen LogP contribution in [0.15, 0.2) is 64.0 Å². The van der Waals surface area contributed by atoms with Gasteiger partial charge < -0.3 is 4.74 Å². The number of halogens is 1. The van der Waals surface area contributed by atoms with Gasteiger partial charge in [-0.1, -0.05) is 52.3 Å². The Hall–Kier alpha value is -2.38. The third-order valence-electron chi connectivity index (χ3n) is 5.10. The molecular formula is C21H18BrNO4S. The van der Waals surface area contributed by atoms with Crippen LogP contribution in [0.2, 0.25) is 0 Å². The molecule has 0 saturated heterocycles. The molecule has 1 N–H and O–H groups in total. The molecule has 1 atom stereocenters. The van der Waals surface area contributed by atoms with Crippen LogP contribution in [-0.4, -0.2) is 21.4 Å². The zero-order valence-corrected chi connectivity index (χ0v) is 17.5. The monoisotopic (exact) mass is 459 g/mol. The fraction of sp³-hybridized carbons (Fsp3) is 0.190. The minimum absolute atomic E-state index is 0.0990. The Morgan fingerprint density at radius 3 is 2.64 bits per heavy atom. The number of carbonyl (C=O) groups excluding carboxylic acids is 1. The van der Waals surface area contributed by atoms with Crippen molar-refractivity contribution in [3.8, 4) is 5.75 Å². The van der Waals surface area contributed by atoms with Crippen molar-refractivity contribution < 1.29 is 17.9 Å². The van der Waals surface area contributed by atoms with Gasteiger partial charge in [0, 0.05) is 9.86 Å². The Morgan fingerprint density at radius 2 is 1.86 bits per heavy atom. The van der Waals surface area contributed by atoms with Crippen LogP contribution in [0.25, 0.3) is 10.8 Å². The lowest BCUT2D eigenvalue weighted by Gasteiger charge is -2.16. The first-order valence-corrected chi connectivity index (χ1v) is 11.1. The lowest BCUT2D eigenvalue weighted by Crippen LogP contribution is -2.34. The summed E-state index contributed by atoms with van der Waals surface area (Å²) < 4.78 is 34.4. The minimum atomic E-state index is -4.00. The van der Waals surface area contributed by atoms with Crippen LogP contribution < -0.4 is 9.46 Å². The van der Waals surface area contributed by atoms with Crippen LogP contribution in [-0.2, 0) is 21.2 Å². The van der Waals surface area contributed by atoms with E-state index >= 15 is 0 Å². The van der Waals surface area contributed by atoms with Gasteiger partial charge in [-0.15, -0.1) is 0 Å². The summed E-state index contributed by atoms with van der Waals surface area (Å²) in [5.74, 6) is -0.365. The molecule has 7 heteroatoms. The van der Waals surface area contributed by atoms with Gasteiger partial charge in [-0.25, -0.2) is 13.1 Å². The Morgan fingerprint density at radius 1 is 1.11 bits per heavy atom. The van der Waals surface area contributed by atoms with Crippen molar-refractivity contribution in [2.45, 2.75) is 23.7 Å². The van der Waals surface area contributed by atoms with Crippen molar-refractivity contribution in [1.82, 2.24) is 4.72 Å². The molecule has 0 spiro atoms. The Bertz CT molecular complexity index is 1180. The lowest BCUT2D eigenvalue weighted by atomic mass is 10.0.